The maximum Gasteiger partial charge on any atom is 0.315 e. The molecule has 2 saturated heterocycles. The Kier molecular flexibility index (Phi) is 10.9. The Labute approximate surface area is 176 Å². The molecule has 0 bridgehead atoms. The summed E-state index contributed by atoms with van der Waals surface area (Å²) in [6.07, 6.45) is 4.57. The fourth-order valence-corrected chi connectivity index (χ4v) is 4.81. The number of carbonyl (C=O) groups is 3. The van der Waals surface area contributed by atoms with E-state index in [1.165, 1.54) is 6.08 Å². The monoisotopic (exact) mass is 428 g/mol. The summed E-state index contributed by atoms with van der Waals surface area (Å²) in [6, 6.07) is 0.424. The fraction of sp³-hybridized carbons (Fsp3) is 0.737. The third-order valence-electron chi connectivity index (χ3n) is 4.75. The summed E-state index contributed by atoms with van der Waals surface area (Å²) in [6.45, 7) is 6.02. The zero-order chi connectivity index (χ0) is 20.9. The minimum atomic E-state index is -0.216. The summed E-state index contributed by atoms with van der Waals surface area (Å²) in [5.74, 6) is 0.785. The van der Waals surface area contributed by atoms with Gasteiger partial charge in [0.05, 0.1) is 38.5 Å². The van der Waals surface area contributed by atoms with E-state index in [4.69, 9.17) is 9.47 Å². The van der Waals surface area contributed by atoms with Gasteiger partial charge in [0.25, 0.3) is 0 Å². The van der Waals surface area contributed by atoms with Crippen LogP contribution in [0.4, 0.5) is 4.79 Å². The van der Waals surface area contributed by atoms with Crippen LogP contribution in [0, 0.1) is 0 Å². The van der Waals surface area contributed by atoms with E-state index in [2.05, 4.69) is 27.8 Å². The Morgan fingerprint density at radius 1 is 1.10 bits per heavy atom. The molecule has 0 spiro atoms. The van der Waals surface area contributed by atoms with Crippen molar-refractivity contribution < 1.29 is 23.9 Å². The standard InChI is InChI=1S/C19H32N4O5S/c1-2-16(24)20-7-9-27-11-12-28-10-8-21-17(25)6-4-3-5-15-18-14(13-29-15)22-19(26)23-18/h2,14-15,18H,1,3-13H2,(H,20,24)(H,21,25)(H2,22,23,26)/t14-,15-,18-/m0/s1. The zero-order valence-corrected chi connectivity index (χ0v) is 17.6. The minimum Gasteiger partial charge on any atom is -0.377 e. The van der Waals surface area contributed by atoms with Gasteiger partial charge < -0.3 is 30.7 Å². The molecule has 0 aromatic heterocycles. The number of carbonyl (C=O) groups excluding carboxylic acids is 3. The first kappa shape index (κ1) is 23.5. The van der Waals surface area contributed by atoms with Gasteiger partial charge in [-0.15, -0.1) is 0 Å². The van der Waals surface area contributed by atoms with Crippen LogP contribution in [0.25, 0.3) is 0 Å². The molecule has 0 aliphatic carbocycles. The lowest BCUT2D eigenvalue weighted by atomic mass is 10.0. The highest BCUT2D eigenvalue weighted by atomic mass is 32.2. The van der Waals surface area contributed by atoms with E-state index >= 15 is 0 Å². The van der Waals surface area contributed by atoms with Gasteiger partial charge in [-0.2, -0.15) is 11.8 Å². The third kappa shape index (κ3) is 9.05. The average molecular weight is 429 g/mol. The van der Waals surface area contributed by atoms with Gasteiger partial charge in [-0.05, 0) is 18.9 Å². The van der Waals surface area contributed by atoms with Crippen LogP contribution in [-0.2, 0) is 19.1 Å². The largest absolute Gasteiger partial charge is 0.377 e. The van der Waals surface area contributed by atoms with Gasteiger partial charge in [0.1, 0.15) is 0 Å². The first-order valence-electron chi connectivity index (χ1n) is 10.1. The van der Waals surface area contributed by atoms with Crippen molar-refractivity contribution in [3.8, 4) is 0 Å². The SMILES string of the molecule is C=CC(=O)NCCOCCOCCNC(=O)CCCC[C@@H]1SC[C@@H]2NC(=O)N[C@@H]21. The summed E-state index contributed by atoms with van der Waals surface area (Å²) < 4.78 is 10.7. The maximum absolute atomic E-state index is 11.8. The van der Waals surface area contributed by atoms with Gasteiger partial charge in [-0.25, -0.2) is 4.79 Å². The predicted molar refractivity (Wildman–Crippen MR) is 112 cm³/mol. The van der Waals surface area contributed by atoms with Gasteiger partial charge in [0.15, 0.2) is 0 Å². The summed E-state index contributed by atoms with van der Waals surface area (Å²) in [7, 11) is 0. The quantitative estimate of drug-likeness (QED) is 0.168. The topological polar surface area (TPSA) is 118 Å². The molecular weight excluding hydrogens is 396 g/mol. The molecular formula is C19H32N4O5S. The van der Waals surface area contributed by atoms with Gasteiger partial charge in [-0.3, -0.25) is 9.59 Å². The lowest BCUT2D eigenvalue weighted by Crippen LogP contribution is -2.36. The van der Waals surface area contributed by atoms with Crippen molar-refractivity contribution in [2.24, 2.45) is 0 Å². The number of nitrogens with one attached hydrogen (secondary N) is 4. The number of amides is 4. The number of fused-ring (bicyclic) bond motifs is 1. The zero-order valence-electron chi connectivity index (χ0n) is 16.7. The Morgan fingerprint density at radius 2 is 1.83 bits per heavy atom. The molecule has 164 valence electrons. The first-order valence-corrected chi connectivity index (χ1v) is 11.2. The molecule has 9 nitrogen and oxygen atoms in total. The minimum absolute atomic E-state index is 0.0376. The van der Waals surface area contributed by atoms with E-state index in [0.717, 1.165) is 25.0 Å². The molecule has 2 aliphatic rings. The van der Waals surface area contributed by atoms with Gasteiger partial charge >= 0.3 is 6.03 Å². The van der Waals surface area contributed by atoms with Crippen LogP contribution in [-0.4, -0.2) is 80.4 Å². The van der Waals surface area contributed by atoms with Gasteiger partial charge in [-0.1, -0.05) is 13.0 Å². The van der Waals surface area contributed by atoms with Crippen LogP contribution in [0.15, 0.2) is 12.7 Å². The second kappa shape index (κ2) is 13.4. The molecule has 3 atom stereocenters. The van der Waals surface area contributed by atoms with E-state index in [1.807, 2.05) is 11.8 Å². The molecule has 2 rings (SSSR count). The number of rotatable bonds is 15. The van der Waals surface area contributed by atoms with E-state index in [0.29, 0.717) is 51.2 Å². The van der Waals surface area contributed by atoms with Crippen molar-refractivity contribution in [3.05, 3.63) is 12.7 Å². The number of ether oxygens (including phenoxy) is 2. The lowest BCUT2D eigenvalue weighted by molar-refractivity contribution is -0.121. The molecule has 0 aromatic carbocycles. The summed E-state index contributed by atoms with van der Waals surface area (Å²) in [5, 5.41) is 11.8. The molecule has 0 aromatic rings. The normalized spacial score (nSPS) is 22.5. The number of hydrogen-bond donors (Lipinski definition) is 4. The summed E-state index contributed by atoms with van der Waals surface area (Å²) in [4.78, 5) is 34.1. The lowest BCUT2D eigenvalue weighted by Gasteiger charge is -2.16. The molecule has 2 heterocycles. The molecule has 0 unspecified atom stereocenters. The highest BCUT2D eigenvalue weighted by Gasteiger charge is 2.42. The number of unbranched alkanes of at least 4 members (excludes halogenated alkanes) is 1. The van der Waals surface area contributed by atoms with Gasteiger partial charge in [0.2, 0.25) is 11.8 Å². The van der Waals surface area contributed by atoms with E-state index in [-0.39, 0.29) is 29.9 Å². The molecule has 4 N–H and O–H groups in total. The average Bonchev–Trinajstić information content (AvgIpc) is 3.25. The van der Waals surface area contributed by atoms with Crippen LogP contribution in [0.5, 0.6) is 0 Å². The van der Waals surface area contributed by atoms with Crippen LogP contribution in [0.2, 0.25) is 0 Å². The summed E-state index contributed by atoms with van der Waals surface area (Å²) in [5.41, 5.74) is 0. The van der Waals surface area contributed by atoms with Crippen molar-refractivity contribution in [3.63, 3.8) is 0 Å². The summed E-state index contributed by atoms with van der Waals surface area (Å²) >= 11 is 1.90. The van der Waals surface area contributed by atoms with Crippen molar-refractivity contribution >= 4 is 29.6 Å². The molecule has 2 aliphatic heterocycles. The second-order valence-electron chi connectivity index (χ2n) is 6.94. The molecule has 0 radical (unpaired) electrons. The number of urea groups is 1. The highest BCUT2D eigenvalue weighted by Crippen LogP contribution is 2.33. The third-order valence-corrected chi connectivity index (χ3v) is 6.26. The van der Waals surface area contributed by atoms with Crippen molar-refractivity contribution in [1.82, 2.24) is 21.3 Å². The Bertz CT molecular complexity index is 563. The van der Waals surface area contributed by atoms with Crippen LogP contribution >= 0.6 is 11.8 Å². The molecule has 29 heavy (non-hydrogen) atoms. The van der Waals surface area contributed by atoms with Crippen LogP contribution in [0.1, 0.15) is 25.7 Å². The highest BCUT2D eigenvalue weighted by molar-refractivity contribution is 8.00. The maximum atomic E-state index is 11.8. The first-order chi connectivity index (χ1) is 14.1. The fourth-order valence-electron chi connectivity index (χ4n) is 3.27. The molecule has 0 saturated carbocycles. The number of hydrogen-bond acceptors (Lipinski definition) is 6. The molecule has 10 heteroatoms. The Balaban J connectivity index is 1.35. The second-order valence-corrected chi connectivity index (χ2v) is 8.21. The van der Waals surface area contributed by atoms with E-state index in [1.54, 1.807) is 0 Å². The Morgan fingerprint density at radius 3 is 2.55 bits per heavy atom. The van der Waals surface area contributed by atoms with Crippen molar-refractivity contribution in [2.75, 3.05) is 45.3 Å². The van der Waals surface area contributed by atoms with Gasteiger partial charge in [0, 0.05) is 30.5 Å². The van der Waals surface area contributed by atoms with E-state index in [9.17, 15) is 14.4 Å². The Hall–Kier alpha value is -1.78. The van der Waals surface area contributed by atoms with Crippen molar-refractivity contribution in [1.29, 1.82) is 0 Å². The molecule has 2 fully saturated rings. The molecule has 4 amide bonds. The van der Waals surface area contributed by atoms with Crippen LogP contribution in [0.3, 0.4) is 0 Å². The van der Waals surface area contributed by atoms with E-state index < -0.39 is 0 Å². The number of thioether (sulfide) groups is 1. The predicted octanol–water partition coefficient (Wildman–Crippen LogP) is 0.164. The van der Waals surface area contributed by atoms with Crippen LogP contribution < -0.4 is 21.3 Å². The van der Waals surface area contributed by atoms with Crippen molar-refractivity contribution in [2.45, 2.75) is 43.0 Å². The smallest absolute Gasteiger partial charge is 0.315 e.